The summed E-state index contributed by atoms with van der Waals surface area (Å²) >= 11 is 0. The average Bonchev–Trinajstić information content (AvgIpc) is 2.62. The molecule has 0 N–H and O–H groups in total. The fourth-order valence-electron chi connectivity index (χ4n) is 3.26. The number of amides is 1. The van der Waals surface area contributed by atoms with E-state index >= 15 is 0 Å². The van der Waals surface area contributed by atoms with Crippen molar-refractivity contribution >= 4 is 11.6 Å². The number of nitrogens with zero attached hydrogens (tertiary/aromatic N) is 1. The smallest absolute Gasteiger partial charge is 0.234 e. The zero-order chi connectivity index (χ0) is 18.0. The third kappa shape index (κ3) is 3.48. The molecule has 1 heterocycles. The van der Waals surface area contributed by atoms with E-state index in [1.165, 1.54) is 5.56 Å². The lowest BCUT2D eigenvalue weighted by Gasteiger charge is -2.27. The van der Waals surface area contributed by atoms with Crippen LogP contribution in [0, 0.1) is 13.8 Å². The molecular weight excluding hydrogens is 314 g/mol. The van der Waals surface area contributed by atoms with Gasteiger partial charge in [-0.1, -0.05) is 23.8 Å². The van der Waals surface area contributed by atoms with Crippen molar-refractivity contribution in [3.63, 3.8) is 0 Å². The molecule has 4 heteroatoms. The first-order valence-corrected chi connectivity index (χ1v) is 8.79. The first-order chi connectivity index (χ1) is 12.0. The number of aryl methyl sites for hydroxylation is 2. The molecule has 2 aromatic carbocycles. The van der Waals surface area contributed by atoms with Crippen molar-refractivity contribution in [2.75, 3.05) is 24.7 Å². The van der Waals surface area contributed by atoms with E-state index in [2.05, 4.69) is 13.0 Å². The SMILES string of the molecule is CCN(C(=O)C(C)c1ccc2c(c1)OCCO2)c1ccc(C)cc1C. The Morgan fingerprint density at radius 1 is 1.08 bits per heavy atom. The number of anilines is 1. The Morgan fingerprint density at radius 2 is 1.80 bits per heavy atom. The van der Waals surface area contributed by atoms with Crippen LogP contribution in [-0.4, -0.2) is 25.7 Å². The van der Waals surface area contributed by atoms with Crippen LogP contribution in [0.5, 0.6) is 11.5 Å². The molecule has 4 nitrogen and oxygen atoms in total. The molecule has 1 amide bonds. The van der Waals surface area contributed by atoms with Gasteiger partial charge in [0.05, 0.1) is 5.92 Å². The molecule has 1 aliphatic rings. The number of benzene rings is 2. The molecule has 1 atom stereocenters. The summed E-state index contributed by atoms with van der Waals surface area (Å²) in [5.41, 5.74) is 4.23. The Kier molecular flexibility index (Phi) is 4.98. The molecule has 0 aliphatic carbocycles. The summed E-state index contributed by atoms with van der Waals surface area (Å²) in [6.07, 6.45) is 0. The summed E-state index contributed by atoms with van der Waals surface area (Å²) in [5.74, 6) is 1.30. The number of hydrogen-bond acceptors (Lipinski definition) is 3. The highest BCUT2D eigenvalue weighted by atomic mass is 16.6. The second kappa shape index (κ2) is 7.18. The van der Waals surface area contributed by atoms with Crippen LogP contribution in [0.2, 0.25) is 0 Å². The molecule has 25 heavy (non-hydrogen) atoms. The number of likely N-dealkylation sites (N-methyl/N-ethyl adjacent to an activating group) is 1. The first kappa shape index (κ1) is 17.3. The van der Waals surface area contributed by atoms with Gasteiger partial charge in [0.1, 0.15) is 13.2 Å². The van der Waals surface area contributed by atoms with E-state index in [0.29, 0.717) is 19.8 Å². The van der Waals surface area contributed by atoms with Crippen molar-refractivity contribution in [2.24, 2.45) is 0 Å². The molecule has 0 fully saturated rings. The molecule has 1 aliphatic heterocycles. The van der Waals surface area contributed by atoms with Gasteiger partial charge in [-0.25, -0.2) is 0 Å². The highest BCUT2D eigenvalue weighted by molar-refractivity contribution is 5.98. The highest BCUT2D eigenvalue weighted by Crippen LogP contribution is 2.34. The standard InChI is InChI=1S/C21H25NO3/c1-5-22(18-8-6-14(2)12-15(18)3)21(23)16(4)17-7-9-19-20(13-17)25-11-10-24-19/h6-9,12-13,16H,5,10-11H2,1-4H3. The molecule has 0 saturated carbocycles. The van der Waals surface area contributed by atoms with Crippen LogP contribution in [0.4, 0.5) is 5.69 Å². The molecule has 0 saturated heterocycles. The third-order valence-corrected chi connectivity index (χ3v) is 4.66. The normalized spacial score (nSPS) is 14.1. The van der Waals surface area contributed by atoms with Gasteiger partial charge < -0.3 is 14.4 Å². The lowest BCUT2D eigenvalue weighted by atomic mass is 9.98. The molecule has 0 aromatic heterocycles. The quantitative estimate of drug-likeness (QED) is 0.837. The Hall–Kier alpha value is -2.49. The largest absolute Gasteiger partial charge is 0.486 e. The van der Waals surface area contributed by atoms with E-state index in [0.717, 1.165) is 28.3 Å². The van der Waals surface area contributed by atoms with Crippen LogP contribution < -0.4 is 14.4 Å². The zero-order valence-corrected chi connectivity index (χ0v) is 15.3. The van der Waals surface area contributed by atoms with Gasteiger partial charge in [-0.05, 0) is 57.0 Å². The maximum absolute atomic E-state index is 13.1. The maximum Gasteiger partial charge on any atom is 0.234 e. The van der Waals surface area contributed by atoms with Crippen LogP contribution in [0.25, 0.3) is 0 Å². The number of ether oxygens (including phenoxy) is 2. The van der Waals surface area contributed by atoms with Crippen LogP contribution in [0.1, 0.15) is 36.5 Å². The molecule has 3 rings (SSSR count). The summed E-state index contributed by atoms with van der Waals surface area (Å²) < 4.78 is 11.2. The first-order valence-electron chi connectivity index (χ1n) is 8.79. The molecule has 1 unspecified atom stereocenters. The number of rotatable bonds is 4. The van der Waals surface area contributed by atoms with Gasteiger partial charge >= 0.3 is 0 Å². The lowest BCUT2D eigenvalue weighted by Crippen LogP contribution is -2.34. The summed E-state index contributed by atoms with van der Waals surface area (Å²) in [6.45, 7) is 9.81. The molecule has 0 spiro atoms. The van der Waals surface area contributed by atoms with Crippen molar-refractivity contribution in [1.29, 1.82) is 0 Å². The fraction of sp³-hybridized carbons (Fsp3) is 0.381. The molecular formula is C21H25NO3. The van der Waals surface area contributed by atoms with E-state index in [4.69, 9.17) is 9.47 Å². The predicted octanol–water partition coefficient (Wildman–Crippen LogP) is 4.23. The van der Waals surface area contributed by atoms with Crippen LogP contribution in [0.15, 0.2) is 36.4 Å². The van der Waals surface area contributed by atoms with E-state index < -0.39 is 0 Å². The number of carbonyl (C=O) groups is 1. The van der Waals surface area contributed by atoms with Crippen LogP contribution in [0.3, 0.4) is 0 Å². The summed E-state index contributed by atoms with van der Waals surface area (Å²) in [6, 6.07) is 12.0. The fourth-order valence-corrected chi connectivity index (χ4v) is 3.26. The van der Waals surface area contributed by atoms with Crippen molar-refractivity contribution in [1.82, 2.24) is 0 Å². The molecule has 0 bridgehead atoms. The van der Waals surface area contributed by atoms with Crippen molar-refractivity contribution < 1.29 is 14.3 Å². The topological polar surface area (TPSA) is 38.8 Å². The van der Waals surface area contributed by atoms with Crippen molar-refractivity contribution in [2.45, 2.75) is 33.6 Å². The zero-order valence-electron chi connectivity index (χ0n) is 15.3. The van der Waals surface area contributed by atoms with Crippen LogP contribution in [-0.2, 0) is 4.79 Å². The van der Waals surface area contributed by atoms with Gasteiger partial charge in [0.25, 0.3) is 0 Å². The summed E-state index contributed by atoms with van der Waals surface area (Å²) in [7, 11) is 0. The van der Waals surface area contributed by atoms with Gasteiger partial charge in [-0.3, -0.25) is 4.79 Å². The van der Waals surface area contributed by atoms with Crippen molar-refractivity contribution in [3.8, 4) is 11.5 Å². The number of hydrogen-bond donors (Lipinski definition) is 0. The van der Waals surface area contributed by atoms with Gasteiger partial charge in [0.2, 0.25) is 5.91 Å². The van der Waals surface area contributed by atoms with E-state index in [1.807, 2.05) is 56.0 Å². The maximum atomic E-state index is 13.1. The summed E-state index contributed by atoms with van der Waals surface area (Å²) in [5, 5.41) is 0. The Balaban J connectivity index is 1.87. The third-order valence-electron chi connectivity index (χ3n) is 4.66. The molecule has 2 aromatic rings. The van der Waals surface area contributed by atoms with E-state index in [-0.39, 0.29) is 11.8 Å². The highest BCUT2D eigenvalue weighted by Gasteiger charge is 2.24. The lowest BCUT2D eigenvalue weighted by molar-refractivity contribution is -0.119. The minimum Gasteiger partial charge on any atom is -0.486 e. The number of fused-ring (bicyclic) bond motifs is 1. The molecule has 132 valence electrons. The second-order valence-corrected chi connectivity index (χ2v) is 6.50. The van der Waals surface area contributed by atoms with Crippen LogP contribution >= 0.6 is 0 Å². The Bertz CT molecular complexity index is 785. The monoisotopic (exact) mass is 339 g/mol. The predicted molar refractivity (Wildman–Crippen MR) is 99.8 cm³/mol. The Labute approximate surface area is 149 Å². The van der Waals surface area contributed by atoms with Gasteiger partial charge in [0, 0.05) is 12.2 Å². The van der Waals surface area contributed by atoms with E-state index in [9.17, 15) is 4.79 Å². The number of carbonyl (C=O) groups excluding carboxylic acids is 1. The van der Waals surface area contributed by atoms with Crippen molar-refractivity contribution in [3.05, 3.63) is 53.1 Å². The minimum absolute atomic E-state index is 0.0890. The minimum atomic E-state index is -0.253. The second-order valence-electron chi connectivity index (χ2n) is 6.50. The summed E-state index contributed by atoms with van der Waals surface area (Å²) in [4.78, 5) is 15.0. The molecule has 0 radical (unpaired) electrons. The average molecular weight is 339 g/mol. The van der Waals surface area contributed by atoms with Gasteiger partial charge in [-0.2, -0.15) is 0 Å². The van der Waals surface area contributed by atoms with Gasteiger partial charge in [0.15, 0.2) is 11.5 Å². The van der Waals surface area contributed by atoms with Gasteiger partial charge in [-0.15, -0.1) is 0 Å². The van der Waals surface area contributed by atoms with E-state index in [1.54, 1.807) is 0 Å². The Morgan fingerprint density at radius 3 is 2.48 bits per heavy atom.